The van der Waals surface area contributed by atoms with Crippen LogP contribution in [0.1, 0.15) is 20.3 Å². The number of aliphatic carboxylic acids is 1. The second-order valence-corrected chi connectivity index (χ2v) is 2.27. The summed E-state index contributed by atoms with van der Waals surface area (Å²) >= 11 is 0. The summed E-state index contributed by atoms with van der Waals surface area (Å²) in [5.41, 5.74) is 1.86. The molecule has 0 saturated heterocycles. The highest BCUT2D eigenvalue weighted by atomic mass is 16.4. The zero-order valence-corrected chi connectivity index (χ0v) is 6.35. The molecule has 0 heterocycles. The monoisotopic (exact) mass is 140 g/mol. The molecule has 0 aromatic rings. The molecule has 10 heavy (non-hydrogen) atoms. The first-order chi connectivity index (χ1) is 4.54. The first-order valence-electron chi connectivity index (χ1n) is 3.08. The van der Waals surface area contributed by atoms with E-state index in [0.717, 1.165) is 11.1 Å². The van der Waals surface area contributed by atoms with Gasteiger partial charge in [0.15, 0.2) is 0 Å². The average Bonchev–Trinajstić information content (AvgIpc) is 1.82. The van der Waals surface area contributed by atoms with Gasteiger partial charge in [0, 0.05) is 0 Å². The Kier molecular flexibility index (Phi) is 3.47. The van der Waals surface area contributed by atoms with Gasteiger partial charge < -0.3 is 5.11 Å². The van der Waals surface area contributed by atoms with Crippen LogP contribution in [-0.4, -0.2) is 11.1 Å². The topological polar surface area (TPSA) is 37.3 Å². The lowest BCUT2D eigenvalue weighted by Gasteiger charge is -1.95. The van der Waals surface area contributed by atoms with Crippen LogP contribution in [0.15, 0.2) is 23.8 Å². The fraction of sp³-hybridized carbons (Fsp3) is 0.375. The molecule has 0 atom stereocenters. The second kappa shape index (κ2) is 3.88. The molecule has 56 valence electrons. The van der Waals surface area contributed by atoms with Crippen molar-refractivity contribution in [2.45, 2.75) is 20.3 Å². The van der Waals surface area contributed by atoms with Gasteiger partial charge in [0.2, 0.25) is 0 Å². The molecule has 1 N–H and O–H groups in total. The molecular weight excluding hydrogens is 128 g/mol. The highest BCUT2D eigenvalue weighted by molar-refractivity contribution is 5.68. The molecule has 2 nitrogen and oxygen atoms in total. The second-order valence-electron chi connectivity index (χ2n) is 2.27. The molecule has 0 rings (SSSR count). The van der Waals surface area contributed by atoms with E-state index in [1.54, 1.807) is 6.08 Å². The van der Waals surface area contributed by atoms with Crippen molar-refractivity contribution >= 4 is 5.97 Å². The Morgan fingerprint density at radius 2 is 2.10 bits per heavy atom. The third-order valence-corrected chi connectivity index (χ3v) is 1.26. The number of carbonyl (C=O) groups is 1. The van der Waals surface area contributed by atoms with Crippen LogP contribution in [0, 0.1) is 0 Å². The van der Waals surface area contributed by atoms with Gasteiger partial charge >= 0.3 is 5.97 Å². The zero-order valence-electron chi connectivity index (χ0n) is 6.35. The fourth-order valence-corrected chi connectivity index (χ4v) is 0.415. The number of rotatable bonds is 3. The molecule has 0 fully saturated rings. The van der Waals surface area contributed by atoms with Crippen LogP contribution in [0.3, 0.4) is 0 Å². The van der Waals surface area contributed by atoms with Gasteiger partial charge in [-0.1, -0.05) is 23.8 Å². The minimum Gasteiger partial charge on any atom is -0.481 e. The summed E-state index contributed by atoms with van der Waals surface area (Å²) in [5.74, 6) is -0.805. The van der Waals surface area contributed by atoms with Gasteiger partial charge in [-0.25, -0.2) is 0 Å². The Morgan fingerprint density at radius 1 is 1.60 bits per heavy atom. The lowest BCUT2D eigenvalue weighted by molar-refractivity contribution is -0.136. The molecule has 0 aromatic heterocycles. The van der Waals surface area contributed by atoms with Gasteiger partial charge in [-0.05, 0) is 13.8 Å². The molecule has 0 aliphatic heterocycles. The lowest BCUT2D eigenvalue weighted by Crippen LogP contribution is -1.91. The van der Waals surface area contributed by atoms with E-state index in [1.807, 2.05) is 13.8 Å². The lowest BCUT2D eigenvalue weighted by atomic mass is 10.1. The smallest absolute Gasteiger partial charge is 0.307 e. The van der Waals surface area contributed by atoms with Crippen LogP contribution >= 0.6 is 0 Å². The molecule has 0 aliphatic rings. The Hall–Kier alpha value is -1.05. The highest BCUT2D eigenvalue weighted by Crippen LogP contribution is 2.05. The normalized spacial score (nSPS) is 11.2. The van der Waals surface area contributed by atoms with E-state index in [-0.39, 0.29) is 6.42 Å². The van der Waals surface area contributed by atoms with E-state index in [2.05, 4.69) is 6.58 Å². The SMILES string of the molecule is C=C(C)/C(C)=C/CC(=O)O. The van der Waals surface area contributed by atoms with Gasteiger partial charge in [-0.3, -0.25) is 4.79 Å². The maximum absolute atomic E-state index is 10.1. The van der Waals surface area contributed by atoms with Crippen LogP contribution < -0.4 is 0 Å². The molecule has 0 unspecified atom stereocenters. The Morgan fingerprint density at radius 3 is 2.40 bits per heavy atom. The third kappa shape index (κ3) is 3.89. The molecule has 0 aromatic carbocycles. The summed E-state index contributed by atoms with van der Waals surface area (Å²) in [4.78, 5) is 10.1. The maximum Gasteiger partial charge on any atom is 0.307 e. The first kappa shape index (κ1) is 8.95. The van der Waals surface area contributed by atoms with Gasteiger partial charge in [0.05, 0.1) is 6.42 Å². The molecule has 0 radical (unpaired) electrons. The molecule has 0 spiro atoms. The number of carboxylic acid groups (broad SMARTS) is 1. The van der Waals surface area contributed by atoms with E-state index in [0.29, 0.717) is 0 Å². The molecule has 0 saturated carbocycles. The van der Waals surface area contributed by atoms with Gasteiger partial charge in [-0.15, -0.1) is 0 Å². The van der Waals surface area contributed by atoms with E-state index < -0.39 is 5.97 Å². The summed E-state index contributed by atoms with van der Waals surface area (Å²) in [6.45, 7) is 7.38. The minimum absolute atomic E-state index is 0.0820. The van der Waals surface area contributed by atoms with Crippen molar-refractivity contribution in [1.82, 2.24) is 0 Å². The predicted molar refractivity (Wildman–Crippen MR) is 40.8 cm³/mol. The molecule has 0 bridgehead atoms. The van der Waals surface area contributed by atoms with Crippen molar-refractivity contribution in [2.75, 3.05) is 0 Å². The minimum atomic E-state index is -0.805. The zero-order chi connectivity index (χ0) is 8.15. The Balaban J connectivity index is 3.92. The maximum atomic E-state index is 10.1. The van der Waals surface area contributed by atoms with Crippen molar-refractivity contribution in [2.24, 2.45) is 0 Å². The van der Waals surface area contributed by atoms with Crippen molar-refractivity contribution in [1.29, 1.82) is 0 Å². The van der Waals surface area contributed by atoms with Gasteiger partial charge in [0.1, 0.15) is 0 Å². The van der Waals surface area contributed by atoms with E-state index >= 15 is 0 Å². The standard InChI is InChI=1S/C8H12O2/c1-6(2)7(3)4-5-8(9)10/h4H,1,5H2,2-3H3,(H,9,10)/b7-4+. The summed E-state index contributed by atoms with van der Waals surface area (Å²) in [6, 6.07) is 0. The van der Waals surface area contributed by atoms with E-state index in [9.17, 15) is 4.79 Å². The van der Waals surface area contributed by atoms with Crippen LogP contribution in [0.5, 0.6) is 0 Å². The van der Waals surface area contributed by atoms with Crippen LogP contribution in [0.4, 0.5) is 0 Å². The number of hydrogen-bond acceptors (Lipinski definition) is 1. The third-order valence-electron chi connectivity index (χ3n) is 1.26. The van der Waals surface area contributed by atoms with Crippen LogP contribution in [0.2, 0.25) is 0 Å². The van der Waals surface area contributed by atoms with Gasteiger partial charge in [-0.2, -0.15) is 0 Å². The molecular formula is C8H12O2. The number of hydrogen-bond donors (Lipinski definition) is 1. The van der Waals surface area contributed by atoms with Crippen molar-refractivity contribution in [3.8, 4) is 0 Å². The largest absolute Gasteiger partial charge is 0.481 e. The van der Waals surface area contributed by atoms with Crippen molar-refractivity contribution < 1.29 is 9.90 Å². The van der Waals surface area contributed by atoms with E-state index in [1.165, 1.54) is 0 Å². The summed E-state index contributed by atoms with van der Waals surface area (Å²) in [7, 11) is 0. The fourth-order valence-electron chi connectivity index (χ4n) is 0.415. The van der Waals surface area contributed by atoms with Crippen molar-refractivity contribution in [3.63, 3.8) is 0 Å². The molecule has 2 heteroatoms. The quantitative estimate of drug-likeness (QED) is 0.608. The predicted octanol–water partition coefficient (Wildman–Crippen LogP) is 1.98. The summed E-state index contributed by atoms with van der Waals surface area (Å²) in [6.07, 6.45) is 1.74. The van der Waals surface area contributed by atoms with Crippen LogP contribution in [-0.2, 0) is 4.79 Å². The van der Waals surface area contributed by atoms with Crippen molar-refractivity contribution in [3.05, 3.63) is 23.8 Å². The van der Waals surface area contributed by atoms with Crippen LogP contribution in [0.25, 0.3) is 0 Å². The first-order valence-corrected chi connectivity index (χ1v) is 3.08. The Bertz CT molecular complexity index is 178. The highest BCUT2D eigenvalue weighted by Gasteiger charge is 1.93. The number of carboxylic acids is 1. The molecule has 0 amide bonds. The van der Waals surface area contributed by atoms with Gasteiger partial charge in [0.25, 0.3) is 0 Å². The van der Waals surface area contributed by atoms with E-state index in [4.69, 9.17) is 5.11 Å². The number of allylic oxidation sites excluding steroid dienone is 2. The molecule has 0 aliphatic carbocycles. The summed E-state index contributed by atoms with van der Waals surface area (Å²) in [5, 5.41) is 8.27. The average molecular weight is 140 g/mol. The Labute approximate surface area is 60.9 Å². The summed E-state index contributed by atoms with van der Waals surface area (Å²) < 4.78 is 0.